The summed E-state index contributed by atoms with van der Waals surface area (Å²) in [6.45, 7) is -0.912. The second-order valence-corrected chi connectivity index (χ2v) is 10.6. The summed E-state index contributed by atoms with van der Waals surface area (Å²) in [6.07, 6.45) is -9.71. The summed E-state index contributed by atoms with van der Waals surface area (Å²) in [7, 11) is 1.11. The lowest BCUT2D eigenvalue weighted by Crippen LogP contribution is -2.41. The SMILES string of the molecule is COC(=O)c1cc(NC(=S)CCC2Cc3cc(O)ccc3N2C(=O)COc2cc(C(F)(F)F)cc(C(F)(F)F)c2)cc(C(=O)[O-])c1. The number of carbonyl (C=O) groups excluding carboxylic acids is 3. The largest absolute Gasteiger partial charge is 0.545 e. The van der Waals surface area contributed by atoms with Gasteiger partial charge in [0.25, 0.3) is 5.91 Å². The lowest BCUT2D eigenvalue weighted by atomic mass is 10.1. The molecule has 0 bridgehead atoms. The molecule has 1 unspecified atom stereocenters. The number of methoxy groups -OCH3 is 1. The van der Waals surface area contributed by atoms with Gasteiger partial charge >= 0.3 is 18.3 Å². The van der Waals surface area contributed by atoms with Crippen LogP contribution in [0.4, 0.5) is 37.7 Å². The summed E-state index contributed by atoms with van der Waals surface area (Å²) >= 11 is 5.39. The molecular formula is C30H23F6N2O7S-. The van der Waals surface area contributed by atoms with E-state index >= 15 is 0 Å². The Morgan fingerprint density at radius 2 is 1.61 bits per heavy atom. The molecule has 0 aliphatic carbocycles. The van der Waals surface area contributed by atoms with Gasteiger partial charge in [-0.2, -0.15) is 26.3 Å². The van der Waals surface area contributed by atoms with Crippen LogP contribution in [0.3, 0.4) is 0 Å². The number of halogens is 6. The minimum absolute atomic E-state index is 0.0596. The van der Waals surface area contributed by atoms with Crippen molar-refractivity contribution in [1.29, 1.82) is 0 Å². The Morgan fingerprint density at radius 1 is 0.978 bits per heavy atom. The van der Waals surface area contributed by atoms with Gasteiger partial charge in [-0.25, -0.2) is 4.79 Å². The predicted molar refractivity (Wildman–Crippen MR) is 153 cm³/mol. The minimum atomic E-state index is -5.11. The van der Waals surface area contributed by atoms with Gasteiger partial charge in [0.1, 0.15) is 11.5 Å². The Balaban J connectivity index is 1.51. The zero-order chi connectivity index (χ0) is 34.0. The van der Waals surface area contributed by atoms with Crippen molar-refractivity contribution in [2.24, 2.45) is 0 Å². The molecule has 1 atom stereocenters. The molecule has 46 heavy (non-hydrogen) atoms. The maximum absolute atomic E-state index is 13.3. The number of thiocarbonyl (C=S) groups is 1. The fourth-order valence-electron chi connectivity index (χ4n) is 4.88. The third-order valence-electron chi connectivity index (χ3n) is 6.91. The molecule has 0 radical (unpaired) electrons. The van der Waals surface area contributed by atoms with E-state index in [2.05, 4.69) is 10.1 Å². The van der Waals surface area contributed by atoms with Gasteiger partial charge in [0.2, 0.25) is 0 Å². The number of ether oxygens (including phenoxy) is 2. The number of nitrogens with one attached hydrogen (secondary N) is 1. The van der Waals surface area contributed by atoms with Gasteiger partial charge in [0, 0.05) is 29.4 Å². The van der Waals surface area contributed by atoms with Crippen LogP contribution >= 0.6 is 12.2 Å². The van der Waals surface area contributed by atoms with Gasteiger partial charge in [-0.3, -0.25) is 4.79 Å². The first-order chi connectivity index (χ1) is 21.5. The molecule has 3 aromatic carbocycles. The first-order valence-electron chi connectivity index (χ1n) is 13.3. The highest BCUT2D eigenvalue weighted by molar-refractivity contribution is 7.80. The van der Waals surface area contributed by atoms with Crippen LogP contribution in [0, 0.1) is 0 Å². The van der Waals surface area contributed by atoms with E-state index < -0.39 is 59.7 Å². The molecule has 0 fully saturated rings. The van der Waals surface area contributed by atoms with Gasteiger partial charge in [0.15, 0.2) is 6.61 Å². The third-order valence-corrected chi connectivity index (χ3v) is 7.22. The van der Waals surface area contributed by atoms with Crippen molar-refractivity contribution < 1.29 is 60.4 Å². The number of benzene rings is 3. The molecule has 2 N–H and O–H groups in total. The van der Waals surface area contributed by atoms with Crippen LogP contribution in [-0.2, 0) is 28.3 Å². The number of anilines is 2. The van der Waals surface area contributed by atoms with E-state index in [0.29, 0.717) is 23.4 Å². The fourth-order valence-corrected chi connectivity index (χ4v) is 5.12. The number of fused-ring (bicyclic) bond motifs is 1. The van der Waals surface area contributed by atoms with Crippen molar-refractivity contribution in [2.75, 3.05) is 23.9 Å². The van der Waals surface area contributed by atoms with E-state index in [1.807, 2.05) is 0 Å². The second kappa shape index (κ2) is 13.2. The lowest BCUT2D eigenvalue weighted by Gasteiger charge is -2.26. The Kier molecular flexibility index (Phi) is 9.80. The first-order valence-corrected chi connectivity index (χ1v) is 13.7. The van der Waals surface area contributed by atoms with Gasteiger partial charge in [-0.1, -0.05) is 12.2 Å². The molecule has 16 heteroatoms. The minimum Gasteiger partial charge on any atom is -0.545 e. The number of aromatic hydroxyl groups is 1. The monoisotopic (exact) mass is 669 g/mol. The summed E-state index contributed by atoms with van der Waals surface area (Å²) < 4.78 is 89.3. The van der Waals surface area contributed by atoms with Gasteiger partial charge in [0.05, 0.1) is 34.8 Å². The van der Waals surface area contributed by atoms with Crippen LogP contribution in [0.15, 0.2) is 54.6 Å². The zero-order valence-corrected chi connectivity index (χ0v) is 24.4. The topological polar surface area (TPSA) is 128 Å². The molecular weight excluding hydrogens is 646 g/mol. The number of carboxylic acids is 1. The molecule has 0 saturated carbocycles. The highest BCUT2D eigenvalue weighted by atomic mass is 32.1. The molecule has 3 aromatic rings. The molecule has 0 aromatic heterocycles. The van der Waals surface area contributed by atoms with Gasteiger partial charge in [-0.15, -0.1) is 0 Å². The number of aromatic carboxylic acids is 1. The van der Waals surface area contributed by atoms with Crippen LogP contribution < -0.4 is 20.1 Å². The quantitative estimate of drug-likeness (QED) is 0.181. The van der Waals surface area contributed by atoms with E-state index in [0.717, 1.165) is 13.2 Å². The standard InChI is InChI=1S/C30H24F6N2O7S/c1-44-28(43)17-6-16(27(41)42)7-20(8-17)37-25(46)5-2-21-9-15-10-22(39)3-4-24(15)38(21)26(40)14-45-23-12-18(29(31,32)33)11-19(13-23)30(34,35)36/h3-4,6-8,10-13,21,39H,2,5,9,14H2,1H3,(H,37,46)(H,41,42)/p-1. The summed E-state index contributed by atoms with van der Waals surface area (Å²) in [5.74, 6) is -4.06. The molecule has 9 nitrogen and oxygen atoms in total. The molecule has 0 spiro atoms. The Morgan fingerprint density at radius 3 is 2.20 bits per heavy atom. The maximum atomic E-state index is 13.3. The summed E-state index contributed by atoms with van der Waals surface area (Å²) in [5.41, 5.74) is -2.57. The van der Waals surface area contributed by atoms with Crippen molar-refractivity contribution in [3.63, 3.8) is 0 Å². The number of carbonyl (C=O) groups is 3. The molecule has 1 aliphatic heterocycles. The number of rotatable bonds is 9. The zero-order valence-electron chi connectivity index (χ0n) is 23.6. The summed E-state index contributed by atoms with van der Waals surface area (Å²) in [4.78, 5) is 38.2. The number of hydrogen-bond donors (Lipinski definition) is 2. The molecule has 4 rings (SSSR count). The van der Waals surface area contributed by atoms with Crippen molar-refractivity contribution in [1.82, 2.24) is 0 Å². The molecule has 1 amide bonds. The Labute approximate surface area is 262 Å². The van der Waals surface area contributed by atoms with Crippen LogP contribution in [-0.4, -0.2) is 47.7 Å². The number of nitrogens with zero attached hydrogens (tertiary/aromatic N) is 1. The van der Waals surface area contributed by atoms with E-state index in [-0.39, 0.29) is 52.9 Å². The van der Waals surface area contributed by atoms with Crippen molar-refractivity contribution in [3.8, 4) is 11.5 Å². The maximum Gasteiger partial charge on any atom is 0.416 e. The number of hydrogen-bond acceptors (Lipinski definition) is 8. The number of alkyl halides is 6. The fraction of sp³-hybridized carbons (Fsp3) is 0.267. The van der Waals surface area contributed by atoms with Crippen LogP contribution in [0.2, 0.25) is 0 Å². The number of amides is 1. The average molecular weight is 670 g/mol. The van der Waals surface area contributed by atoms with Gasteiger partial charge in [-0.05, 0) is 73.0 Å². The van der Waals surface area contributed by atoms with Crippen LogP contribution in [0.25, 0.3) is 0 Å². The normalized spacial score (nSPS) is 14.4. The molecule has 1 heterocycles. The molecule has 1 aliphatic rings. The number of phenols is 1. The van der Waals surface area contributed by atoms with E-state index in [1.54, 1.807) is 0 Å². The second-order valence-electron chi connectivity index (χ2n) is 10.1. The van der Waals surface area contributed by atoms with Crippen LogP contribution in [0.1, 0.15) is 50.2 Å². The summed E-state index contributed by atoms with van der Waals surface area (Å²) in [5, 5.41) is 24.2. The van der Waals surface area contributed by atoms with Crippen molar-refractivity contribution in [2.45, 2.75) is 37.7 Å². The predicted octanol–water partition coefficient (Wildman–Crippen LogP) is 5.14. The third kappa shape index (κ3) is 8.04. The lowest BCUT2D eigenvalue weighted by molar-refractivity contribution is -0.255. The number of carboxylic acid groups (broad SMARTS) is 1. The number of esters is 1. The highest BCUT2D eigenvalue weighted by Crippen LogP contribution is 2.39. The summed E-state index contributed by atoms with van der Waals surface area (Å²) in [6, 6.07) is 7.76. The molecule has 244 valence electrons. The van der Waals surface area contributed by atoms with E-state index in [4.69, 9.17) is 17.0 Å². The van der Waals surface area contributed by atoms with Crippen molar-refractivity contribution >= 4 is 46.4 Å². The van der Waals surface area contributed by atoms with Gasteiger partial charge < -0.3 is 34.7 Å². The van der Waals surface area contributed by atoms with Crippen molar-refractivity contribution in [3.05, 3.63) is 82.4 Å². The Hall–Kier alpha value is -4.86. The molecule has 0 saturated heterocycles. The van der Waals surface area contributed by atoms with E-state index in [9.17, 15) is 50.9 Å². The number of phenolic OH excluding ortho intramolecular Hbond substituents is 1. The Bertz CT molecular complexity index is 1660. The average Bonchev–Trinajstić information content (AvgIpc) is 3.34. The van der Waals surface area contributed by atoms with E-state index in [1.165, 1.54) is 35.2 Å². The smallest absolute Gasteiger partial charge is 0.416 e. The first kappa shape index (κ1) is 34.0. The highest BCUT2D eigenvalue weighted by Gasteiger charge is 2.38. The van der Waals surface area contributed by atoms with Crippen LogP contribution in [0.5, 0.6) is 11.5 Å².